The van der Waals surface area contributed by atoms with Gasteiger partial charge in [0.25, 0.3) is 11.7 Å². The van der Waals surface area contributed by atoms with E-state index in [9.17, 15) is 14.7 Å². The van der Waals surface area contributed by atoms with E-state index >= 15 is 0 Å². The van der Waals surface area contributed by atoms with E-state index in [4.69, 9.17) is 11.6 Å². The van der Waals surface area contributed by atoms with Crippen LogP contribution in [0.2, 0.25) is 5.02 Å². The number of aliphatic hydroxyl groups excluding tert-OH is 1. The molecule has 26 heavy (non-hydrogen) atoms. The number of rotatable bonds is 4. The van der Waals surface area contributed by atoms with Crippen molar-refractivity contribution in [2.45, 2.75) is 19.9 Å². The molecule has 0 spiro atoms. The maximum Gasteiger partial charge on any atom is 0.295 e. The van der Waals surface area contributed by atoms with Gasteiger partial charge < -0.3 is 10.0 Å². The first-order chi connectivity index (χ1) is 12.4. The molecule has 134 valence electrons. The fourth-order valence-electron chi connectivity index (χ4n) is 3.23. The topological polar surface area (TPSA) is 57.6 Å². The van der Waals surface area contributed by atoms with Crippen molar-refractivity contribution in [3.05, 3.63) is 76.3 Å². The average molecular weight is 370 g/mol. The van der Waals surface area contributed by atoms with Crippen LogP contribution in [0.15, 0.2) is 60.2 Å². The second-order valence-corrected chi connectivity index (χ2v) is 7.14. The maximum absolute atomic E-state index is 12.8. The molecule has 5 heteroatoms. The van der Waals surface area contributed by atoms with Crippen molar-refractivity contribution in [1.29, 1.82) is 0 Å². The van der Waals surface area contributed by atoms with Crippen molar-refractivity contribution < 1.29 is 14.7 Å². The predicted molar refractivity (Wildman–Crippen MR) is 102 cm³/mol. The Bertz CT molecular complexity index is 874. The Labute approximate surface area is 157 Å². The number of likely N-dealkylation sites (tertiary alicyclic amines) is 1. The Hall–Kier alpha value is -2.59. The van der Waals surface area contributed by atoms with Gasteiger partial charge in [0.05, 0.1) is 11.6 Å². The summed E-state index contributed by atoms with van der Waals surface area (Å²) in [6.45, 7) is 4.34. The van der Waals surface area contributed by atoms with Gasteiger partial charge in [-0.25, -0.2) is 0 Å². The number of amides is 1. The molecule has 2 aromatic rings. The normalized spacial score (nSPS) is 19.4. The van der Waals surface area contributed by atoms with Crippen molar-refractivity contribution >= 4 is 29.1 Å². The van der Waals surface area contributed by atoms with Gasteiger partial charge in [-0.15, -0.1) is 0 Å². The van der Waals surface area contributed by atoms with E-state index < -0.39 is 17.7 Å². The molecular formula is C21H20ClNO3. The van der Waals surface area contributed by atoms with Crippen molar-refractivity contribution in [3.63, 3.8) is 0 Å². The highest BCUT2D eigenvalue weighted by molar-refractivity contribution is 6.47. The summed E-state index contributed by atoms with van der Waals surface area (Å²) in [7, 11) is 0. The van der Waals surface area contributed by atoms with E-state index in [0.29, 0.717) is 22.7 Å². The third-order valence-electron chi connectivity index (χ3n) is 4.35. The van der Waals surface area contributed by atoms with Gasteiger partial charge in [0.1, 0.15) is 5.76 Å². The minimum Gasteiger partial charge on any atom is -0.507 e. The molecule has 4 nitrogen and oxygen atoms in total. The molecule has 1 heterocycles. The number of aliphatic hydroxyl groups is 1. The number of benzene rings is 2. The quantitative estimate of drug-likeness (QED) is 0.493. The zero-order valence-electron chi connectivity index (χ0n) is 14.6. The summed E-state index contributed by atoms with van der Waals surface area (Å²) in [5.41, 5.74) is 1.20. The summed E-state index contributed by atoms with van der Waals surface area (Å²) in [5.74, 6) is -1.31. The Morgan fingerprint density at radius 3 is 2.31 bits per heavy atom. The van der Waals surface area contributed by atoms with Crippen LogP contribution in [0.3, 0.4) is 0 Å². The Morgan fingerprint density at radius 1 is 1.08 bits per heavy atom. The number of Topliss-reactive ketones (excluding diaryl/α,β-unsaturated/α-hetero) is 1. The highest BCUT2D eigenvalue weighted by Crippen LogP contribution is 2.41. The molecule has 0 aromatic heterocycles. The molecule has 1 N–H and O–H groups in total. The molecular weight excluding hydrogens is 350 g/mol. The zero-order chi connectivity index (χ0) is 18.8. The van der Waals surface area contributed by atoms with Crippen molar-refractivity contribution in [2.24, 2.45) is 5.92 Å². The Balaban J connectivity index is 2.22. The average Bonchev–Trinajstić information content (AvgIpc) is 2.87. The van der Waals surface area contributed by atoms with Crippen LogP contribution in [0.25, 0.3) is 5.76 Å². The second-order valence-electron chi connectivity index (χ2n) is 6.73. The molecule has 1 amide bonds. The van der Waals surface area contributed by atoms with Crippen molar-refractivity contribution in [1.82, 2.24) is 4.90 Å². The number of hydrogen-bond donors (Lipinski definition) is 1. The number of halogens is 1. The minimum absolute atomic E-state index is 0.0787. The molecule has 0 aliphatic carbocycles. The highest BCUT2D eigenvalue weighted by atomic mass is 35.5. The Morgan fingerprint density at radius 2 is 1.69 bits per heavy atom. The van der Waals surface area contributed by atoms with Crippen molar-refractivity contribution in [3.8, 4) is 0 Å². The summed E-state index contributed by atoms with van der Waals surface area (Å²) in [5, 5.41) is 11.3. The second kappa shape index (κ2) is 7.34. The van der Waals surface area contributed by atoms with Gasteiger partial charge in [0.2, 0.25) is 0 Å². The number of hydrogen-bond acceptors (Lipinski definition) is 3. The van der Waals surface area contributed by atoms with Crippen LogP contribution in [-0.4, -0.2) is 28.2 Å². The molecule has 1 aliphatic heterocycles. The highest BCUT2D eigenvalue weighted by Gasteiger charge is 2.46. The zero-order valence-corrected chi connectivity index (χ0v) is 15.4. The lowest BCUT2D eigenvalue weighted by Gasteiger charge is -2.27. The van der Waals surface area contributed by atoms with Gasteiger partial charge in [0, 0.05) is 17.1 Å². The number of carbonyl (C=O) groups is 2. The van der Waals surface area contributed by atoms with Crippen LogP contribution in [0.5, 0.6) is 0 Å². The summed E-state index contributed by atoms with van der Waals surface area (Å²) in [4.78, 5) is 26.9. The first-order valence-electron chi connectivity index (χ1n) is 8.50. The fourth-order valence-corrected chi connectivity index (χ4v) is 3.47. The molecule has 3 rings (SSSR count). The molecule has 1 fully saturated rings. The minimum atomic E-state index is -0.702. The lowest BCUT2D eigenvalue weighted by atomic mass is 9.95. The van der Waals surface area contributed by atoms with Crippen LogP contribution in [-0.2, 0) is 9.59 Å². The van der Waals surface area contributed by atoms with Gasteiger partial charge in [-0.1, -0.05) is 74.0 Å². The van der Waals surface area contributed by atoms with Gasteiger partial charge in [-0.2, -0.15) is 0 Å². The number of carbonyl (C=O) groups excluding carboxylic acids is 2. The molecule has 1 aliphatic rings. The van der Waals surface area contributed by atoms with E-state index in [-0.39, 0.29) is 17.3 Å². The smallest absolute Gasteiger partial charge is 0.295 e. The Kier molecular flexibility index (Phi) is 5.14. The summed E-state index contributed by atoms with van der Waals surface area (Å²) >= 11 is 6.36. The molecule has 0 radical (unpaired) electrons. The van der Waals surface area contributed by atoms with Gasteiger partial charge >= 0.3 is 0 Å². The van der Waals surface area contributed by atoms with Crippen LogP contribution >= 0.6 is 11.6 Å². The molecule has 1 unspecified atom stereocenters. The summed E-state index contributed by atoms with van der Waals surface area (Å²) in [6.07, 6.45) is 0. The summed E-state index contributed by atoms with van der Waals surface area (Å²) in [6, 6.07) is 15.2. The molecule has 0 saturated carbocycles. The SMILES string of the molecule is CC(C)CN1C(=O)C(=O)C(=C(O)c2ccccc2)C1c1ccccc1Cl. The van der Waals surface area contributed by atoms with Gasteiger partial charge in [-0.05, 0) is 17.5 Å². The lowest BCUT2D eigenvalue weighted by molar-refractivity contribution is -0.140. The van der Waals surface area contributed by atoms with Crippen LogP contribution in [0.4, 0.5) is 0 Å². The largest absolute Gasteiger partial charge is 0.507 e. The van der Waals surface area contributed by atoms with Crippen LogP contribution in [0, 0.1) is 5.92 Å². The maximum atomic E-state index is 12.8. The molecule has 1 saturated heterocycles. The van der Waals surface area contributed by atoms with E-state index in [1.54, 1.807) is 48.5 Å². The third kappa shape index (κ3) is 3.25. The molecule has 2 aromatic carbocycles. The fraction of sp³-hybridized carbons (Fsp3) is 0.238. The first-order valence-corrected chi connectivity index (χ1v) is 8.88. The van der Waals surface area contributed by atoms with E-state index in [1.807, 2.05) is 19.9 Å². The monoisotopic (exact) mass is 369 g/mol. The lowest BCUT2D eigenvalue weighted by Crippen LogP contribution is -2.33. The van der Waals surface area contributed by atoms with E-state index in [2.05, 4.69) is 0 Å². The first kappa shape index (κ1) is 18.2. The number of nitrogens with zero attached hydrogens (tertiary/aromatic N) is 1. The van der Waals surface area contributed by atoms with Gasteiger partial charge in [0.15, 0.2) is 0 Å². The molecule has 0 bridgehead atoms. The van der Waals surface area contributed by atoms with Gasteiger partial charge in [-0.3, -0.25) is 9.59 Å². The van der Waals surface area contributed by atoms with Crippen molar-refractivity contribution in [2.75, 3.05) is 6.54 Å². The predicted octanol–water partition coefficient (Wildman–Crippen LogP) is 4.42. The third-order valence-corrected chi connectivity index (χ3v) is 4.69. The molecule has 1 atom stereocenters. The standard InChI is InChI=1S/C21H20ClNO3/c1-13(2)12-23-18(15-10-6-7-11-16(15)22)17(20(25)21(23)26)19(24)14-8-4-3-5-9-14/h3-11,13,18,24H,12H2,1-2H3. The van der Waals surface area contributed by atoms with Crippen LogP contribution in [0.1, 0.15) is 31.0 Å². The van der Waals surface area contributed by atoms with E-state index in [1.165, 1.54) is 4.90 Å². The van der Waals surface area contributed by atoms with E-state index in [0.717, 1.165) is 0 Å². The van der Waals surface area contributed by atoms with Crippen LogP contribution < -0.4 is 0 Å². The number of ketones is 1. The summed E-state index contributed by atoms with van der Waals surface area (Å²) < 4.78 is 0.